The first-order chi connectivity index (χ1) is 14.7. The number of alkyl halides is 2. The van der Waals surface area contributed by atoms with E-state index in [9.17, 15) is 13.6 Å². The van der Waals surface area contributed by atoms with Gasteiger partial charge >= 0.3 is 0 Å². The van der Waals surface area contributed by atoms with Crippen LogP contribution in [0.5, 0.6) is 5.75 Å². The first-order valence-electron chi connectivity index (χ1n) is 10.9. The number of Topliss-reactive ketones (excluding diaryl/α,β-unsaturated/α-hetero) is 1. The van der Waals surface area contributed by atoms with Crippen molar-refractivity contribution in [2.24, 2.45) is 0 Å². The molecule has 2 aromatic rings. The van der Waals surface area contributed by atoms with Gasteiger partial charge in [-0.1, -0.05) is 50.8 Å². The number of hydrogen-bond donors (Lipinski definition) is 1. The van der Waals surface area contributed by atoms with Crippen LogP contribution >= 0.6 is 0 Å². The highest BCUT2D eigenvalue weighted by Crippen LogP contribution is 2.27. The summed E-state index contributed by atoms with van der Waals surface area (Å²) in [6.45, 7) is 9.58. The van der Waals surface area contributed by atoms with Crippen LogP contribution in [0.1, 0.15) is 67.1 Å². The van der Waals surface area contributed by atoms with E-state index in [1.54, 1.807) is 18.2 Å². The Morgan fingerprint density at radius 2 is 1.77 bits per heavy atom. The van der Waals surface area contributed by atoms with Gasteiger partial charge in [-0.2, -0.15) is 0 Å². The van der Waals surface area contributed by atoms with Gasteiger partial charge in [0.15, 0.2) is 12.4 Å². The van der Waals surface area contributed by atoms with Crippen LogP contribution < -0.4 is 10.1 Å². The number of fused-ring (bicyclic) bond motifs is 1. The molecular formula is C26H33F2NO2. The number of rotatable bonds is 8. The van der Waals surface area contributed by atoms with Gasteiger partial charge in [-0.05, 0) is 55.0 Å². The molecule has 0 heterocycles. The minimum absolute atomic E-state index is 0.0731. The lowest BCUT2D eigenvalue weighted by atomic mass is 9.90. The van der Waals surface area contributed by atoms with Crippen LogP contribution in [-0.4, -0.2) is 18.3 Å². The highest BCUT2D eigenvalue weighted by molar-refractivity contribution is 5.98. The average molecular weight is 430 g/mol. The molecule has 3 nitrogen and oxygen atoms in total. The van der Waals surface area contributed by atoms with Crippen LogP contribution in [0, 0.1) is 0 Å². The lowest BCUT2D eigenvalue weighted by molar-refractivity contribution is -0.0436. The molecule has 0 atom stereocenters. The minimum atomic E-state index is -2.82. The van der Waals surface area contributed by atoms with Crippen LogP contribution in [0.3, 0.4) is 0 Å². The Labute approximate surface area is 184 Å². The highest BCUT2D eigenvalue weighted by Gasteiger charge is 2.27. The molecule has 168 valence electrons. The summed E-state index contributed by atoms with van der Waals surface area (Å²) >= 11 is 0. The molecule has 1 aliphatic rings. The Morgan fingerprint density at radius 3 is 2.39 bits per heavy atom. The first kappa shape index (κ1) is 24.6. The van der Waals surface area contributed by atoms with Gasteiger partial charge < -0.3 is 10.1 Å². The molecule has 0 amide bonds. The van der Waals surface area contributed by atoms with E-state index >= 15 is 0 Å². The molecule has 1 aliphatic carbocycles. The number of nitrogens with one attached hydrogen (secondary N) is 1. The van der Waals surface area contributed by atoms with E-state index in [1.807, 2.05) is 6.92 Å². The maximum absolute atomic E-state index is 13.1. The van der Waals surface area contributed by atoms with E-state index < -0.39 is 12.5 Å². The molecule has 0 aliphatic heterocycles. The maximum atomic E-state index is 13.1. The summed E-state index contributed by atoms with van der Waals surface area (Å²) in [5.41, 5.74) is 5.32. The van der Waals surface area contributed by atoms with Crippen molar-refractivity contribution in [3.05, 3.63) is 77.0 Å². The van der Waals surface area contributed by atoms with Crippen molar-refractivity contribution in [1.82, 2.24) is 5.32 Å². The van der Waals surface area contributed by atoms with Crippen molar-refractivity contribution in [3.8, 4) is 5.75 Å². The Balaban J connectivity index is 0.000000233. The fourth-order valence-electron chi connectivity index (χ4n) is 3.13. The summed E-state index contributed by atoms with van der Waals surface area (Å²) in [7, 11) is 0. The van der Waals surface area contributed by atoms with Crippen LogP contribution in [0.25, 0.3) is 0 Å². The monoisotopic (exact) mass is 429 g/mol. The molecule has 3 rings (SSSR count). The fourth-order valence-corrected chi connectivity index (χ4v) is 3.13. The highest BCUT2D eigenvalue weighted by atomic mass is 19.3. The van der Waals surface area contributed by atoms with Gasteiger partial charge in [0.05, 0.1) is 0 Å². The van der Waals surface area contributed by atoms with Crippen molar-refractivity contribution >= 4 is 5.78 Å². The summed E-state index contributed by atoms with van der Waals surface area (Å²) in [5.74, 6) is -2.40. The Kier molecular flexibility index (Phi) is 9.22. The molecule has 0 fully saturated rings. The van der Waals surface area contributed by atoms with E-state index in [4.69, 9.17) is 4.74 Å². The van der Waals surface area contributed by atoms with Crippen molar-refractivity contribution < 1.29 is 18.3 Å². The summed E-state index contributed by atoms with van der Waals surface area (Å²) in [4.78, 5) is 11.7. The van der Waals surface area contributed by atoms with Gasteiger partial charge in [0.2, 0.25) is 0 Å². The van der Waals surface area contributed by atoms with Gasteiger partial charge in [0.25, 0.3) is 5.92 Å². The number of allylic oxidation sites excluding steroid dienone is 1. The van der Waals surface area contributed by atoms with Crippen LogP contribution in [0.15, 0.2) is 54.7 Å². The molecule has 0 spiro atoms. The number of ketones is 1. The van der Waals surface area contributed by atoms with Crippen LogP contribution in [0.2, 0.25) is 0 Å². The van der Waals surface area contributed by atoms with E-state index in [2.05, 4.69) is 43.1 Å². The van der Waals surface area contributed by atoms with Crippen LogP contribution in [0.4, 0.5) is 8.78 Å². The molecule has 0 aromatic heterocycles. The predicted molar refractivity (Wildman–Crippen MR) is 122 cm³/mol. The molecule has 0 bridgehead atoms. The second-order valence-electron chi connectivity index (χ2n) is 7.90. The SMILES string of the molecule is C=C(C)NCc1ccc(CC)cc1.CCC(F)(F)COc1ccc2c(c1)C(=O)CCC2. The minimum Gasteiger partial charge on any atom is -0.487 e. The second-order valence-corrected chi connectivity index (χ2v) is 7.90. The van der Waals surface area contributed by atoms with E-state index in [1.165, 1.54) is 18.1 Å². The van der Waals surface area contributed by atoms with Gasteiger partial charge in [-0.15, -0.1) is 0 Å². The number of carbonyl (C=O) groups excluding carboxylic acids is 1. The predicted octanol–water partition coefficient (Wildman–Crippen LogP) is 6.50. The number of aryl methyl sites for hydroxylation is 2. The topological polar surface area (TPSA) is 38.3 Å². The van der Waals surface area contributed by atoms with Crippen molar-refractivity contribution in [1.29, 1.82) is 0 Å². The molecule has 5 heteroatoms. The third-order valence-corrected chi connectivity index (χ3v) is 5.22. The number of hydrogen-bond acceptors (Lipinski definition) is 3. The molecule has 2 aromatic carbocycles. The standard InChI is InChI=1S/C14H16F2O2.C12H17N/c1-2-14(15,16)9-18-11-7-6-10-4-3-5-13(17)12(10)8-11;1-4-11-5-7-12(8-6-11)9-13-10(2)3/h6-8H,2-5,9H2,1H3;5-8,13H,2,4,9H2,1,3H3. The molecule has 0 radical (unpaired) electrons. The van der Waals surface area contributed by atoms with Crippen molar-refractivity contribution in [2.75, 3.05) is 6.61 Å². The molecule has 0 saturated heterocycles. The third kappa shape index (κ3) is 8.16. The molecule has 0 saturated carbocycles. The summed E-state index contributed by atoms with van der Waals surface area (Å²) in [5, 5.41) is 3.20. The molecule has 1 N–H and O–H groups in total. The largest absolute Gasteiger partial charge is 0.487 e. The zero-order chi connectivity index (χ0) is 22.9. The van der Waals surface area contributed by atoms with Crippen molar-refractivity contribution in [3.63, 3.8) is 0 Å². The van der Waals surface area contributed by atoms with Gasteiger partial charge in [-0.3, -0.25) is 4.79 Å². The van der Waals surface area contributed by atoms with Gasteiger partial charge in [0.1, 0.15) is 5.75 Å². The van der Waals surface area contributed by atoms with E-state index in [-0.39, 0.29) is 12.2 Å². The quantitative estimate of drug-likeness (QED) is 0.520. The number of benzene rings is 2. The van der Waals surface area contributed by atoms with E-state index in [0.717, 1.165) is 37.1 Å². The maximum Gasteiger partial charge on any atom is 0.281 e. The first-order valence-corrected chi connectivity index (χ1v) is 10.9. The second kappa shape index (κ2) is 11.6. The molecule has 0 unspecified atom stereocenters. The number of ether oxygens (including phenoxy) is 1. The summed E-state index contributed by atoms with van der Waals surface area (Å²) in [6.07, 6.45) is 3.11. The third-order valence-electron chi connectivity index (χ3n) is 5.22. The van der Waals surface area contributed by atoms with Gasteiger partial charge in [0, 0.05) is 30.6 Å². The fraction of sp³-hybridized carbons (Fsp3) is 0.423. The molecule has 31 heavy (non-hydrogen) atoms. The van der Waals surface area contributed by atoms with Crippen molar-refractivity contribution in [2.45, 2.75) is 65.3 Å². The summed E-state index contributed by atoms with van der Waals surface area (Å²) in [6, 6.07) is 13.7. The normalized spacial score (nSPS) is 13.0. The average Bonchev–Trinajstić information content (AvgIpc) is 2.77. The Morgan fingerprint density at radius 1 is 1.10 bits per heavy atom. The Bertz CT molecular complexity index is 875. The summed E-state index contributed by atoms with van der Waals surface area (Å²) < 4.78 is 31.2. The zero-order valence-electron chi connectivity index (χ0n) is 18.8. The van der Waals surface area contributed by atoms with E-state index in [0.29, 0.717) is 17.7 Å². The lowest BCUT2D eigenvalue weighted by Gasteiger charge is -2.18. The smallest absolute Gasteiger partial charge is 0.281 e. The Hall–Kier alpha value is -2.69. The van der Waals surface area contributed by atoms with Crippen LogP contribution in [-0.2, 0) is 19.4 Å². The van der Waals surface area contributed by atoms with Gasteiger partial charge in [-0.25, -0.2) is 8.78 Å². The lowest BCUT2D eigenvalue weighted by Crippen LogP contribution is -2.24. The molecular weight excluding hydrogens is 396 g/mol. The zero-order valence-corrected chi connectivity index (χ0v) is 18.8. The number of carbonyl (C=O) groups is 1. The number of halogens is 2.